The summed E-state index contributed by atoms with van der Waals surface area (Å²) in [5, 5.41) is 0. The number of aryl methyl sites for hydroxylation is 2. The number of nitrogens with one attached hydrogen (secondary N) is 1. The number of methoxy groups -OCH3 is 1. The molecule has 0 amide bonds. The van der Waals surface area contributed by atoms with Crippen molar-refractivity contribution in [1.29, 1.82) is 0 Å². The van der Waals surface area contributed by atoms with Crippen molar-refractivity contribution in [2.75, 3.05) is 11.8 Å². The number of hydrogen-bond acceptors (Lipinski definition) is 3. The van der Waals surface area contributed by atoms with Gasteiger partial charge >= 0.3 is 0 Å². The first-order valence-electron chi connectivity index (χ1n) is 6.27. The predicted octanol–water partition coefficient (Wildman–Crippen LogP) is 3.88. The molecule has 0 aliphatic heterocycles. The summed E-state index contributed by atoms with van der Waals surface area (Å²) in [6, 6.07) is 10.3. The van der Waals surface area contributed by atoms with Gasteiger partial charge in [-0.25, -0.2) is 8.42 Å². The molecule has 0 saturated carbocycles. The number of halogens is 1. The fraction of sp³-hybridized carbons (Fsp3) is 0.200. The molecule has 2 rings (SSSR count). The van der Waals surface area contributed by atoms with E-state index in [1.165, 1.54) is 13.2 Å². The second kappa shape index (κ2) is 6.07. The molecular weight excluding hydrogens is 354 g/mol. The molecule has 1 N–H and O–H groups in total. The third-order valence-electron chi connectivity index (χ3n) is 3.17. The molecule has 0 bridgehead atoms. The van der Waals surface area contributed by atoms with Gasteiger partial charge in [-0.2, -0.15) is 0 Å². The first kappa shape index (κ1) is 15.9. The minimum Gasteiger partial charge on any atom is -0.495 e. The van der Waals surface area contributed by atoms with Gasteiger partial charge in [-0.1, -0.05) is 22.0 Å². The summed E-state index contributed by atoms with van der Waals surface area (Å²) in [4.78, 5) is 0.0950. The van der Waals surface area contributed by atoms with E-state index in [0.717, 1.165) is 11.1 Å². The van der Waals surface area contributed by atoms with Crippen LogP contribution in [-0.2, 0) is 10.0 Å². The summed E-state index contributed by atoms with van der Waals surface area (Å²) >= 11 is 3.28. The zero-order valence-corrected chi connectivity index (χ0v) is 14.4. The van der Waals surface area contributed by atoms with Crippen molar-refractivity contribution in [1.82, 2.24) is 0 Å². The molecule has 0 heterocycles. The van der Waals surface area contributed by atoms with E-state index < -0.39 is 10.0 Å². The summed E-state index contributed by atoms with van der Waals surface area (Å²) in [6.07, 6.45) is 0. The lowest BCUT2D eigenvalue weighted by Gasteiger charge is -2.13. The van der Waals surface area contributed by atoms with Crippen LogP contribution in [0.25, 0.3) is 0 Å². The van der Waals surface area contributed by atoms with E-state index in [9.17, 15) is 8.42 Å². The highest BCUT2D eigenvalue weighted by atomic mass is 79.9. The second-order valence-electron chi connectivity index (χ2n) is 4.70. The summed E-state index contributed by atoms with van der Waals surface area (Å²) in [6.45, 7) is 3.91. The van der Waals surface area contributed by atoms with Crippen LogP contribution in [0.4, 0.5) is 5.69 Å². The van der Waals surface area contributed by atoms with Crippen molar-refractivity contribution in [3.05, 3.63) is 52.0 Å². The SMILES string of the molecule is COc1ccc(Br)cc1S(=O)(=O)Nc1ccc(C)c(C)c1. The molecule has 6 heteroatoms. The average molecular weight is 370 g/mol. The Labute approximate surface area is 133 Å². The van der Waals surface area contributed by atoms with Gasteiger partial charge in [0, 0.05) is 10.2 Å². The van der Waals surface area contributed by atoms with E-state index in [4.69, 9.17) is 4.74 Å². The average Bonchev–Trinajstić information content (AvgIpc) is 2.42. The van der Waals surface area contributed by atoms with Crippen LogP contribution in [0.2, 0.25) is 0 Å². The van der Waals surface area contributed by atoms with Gasteiger partial charge in [0.05, 0.1) is 7.11 Å². The maximum absolute atomic E-state index is 12.5. The number of rotatable bonds is 4. The van der Waals surface area contributed by atoms with Crippen molar-refractivity contribution in [3.63, 3.8) is 0 Å². The summed E-state index contributed by atoms with van der Waals surface area (Å²) in [5.74, 6) is 0.300. The molecule has 0 fully saturated rings. The molecule has 0 unspecified atom stereocenters. The minimum absolute atomic E-state index is 0.0950. The van der Waals surface area contributed by atoms with Crippen LogP contribution in [0.1, 0.15) is 11.1 Å². The fourth-order valence-corrected chi connectivity index (χ4v) is 3.63. The Morgan fingerprint density at radius 1 is 1.05 bits per heavy atom. The molecule has 0 spiro atoms. The highest BCUT2D eigenvalue weighted by molar-refractivity contribution is 9.10. The number of anilines is 1. The van der Waals surface area contributed by atoms with E-state index in [-0.39, 0.29) is 4.90 Å². The molecule has 2 aromatic carbocycles. The third-order valence-corrected chi connectivity index (χ3v) is 5.07. The molecule has 0 aliphatic carbocycles. The van der Waals surface area contributed by atoms with Crippen LogP contribution in [0.5, 0.6) is 5.75 Å². The monoisotopic (exact) mass is 369 g/mol. The van der Waals surface area contributed by atoms with Gasteiger partial charge in [0.25, 0.3) is 10.0 Å². The normalized spacial score (nSPS) is 11.2. The van der Waals surface area contributed by atoms with Gasteiger partial charge < -0.3 is 4.74 Å². The van der Waals surface area contributed by atoms with Crippen molar-refractivity contribution in [2.45, 2.75) is 18.7 Å². The van der Waals surface area contributed by atoms with Gasteiger partial charge in [0.1, 0.15) is 10.6 Å². The first-order valence-corrected chi connectivity index (χ1v) is 8.55. The molecule has 4 nitrogen and oxygen atoms in total. The Hall–Kier alpha value is -1.53. The third kappa shape index (κ3) is 3.57. The summed E-state index contributed by atoms with van der Waals surface area (Å²) < 4.78 is 33.4. The number of hydrogen-bond donors (Lipinski definition) is 1. The zero-order valence-electron chi connectivity index (χ0n) is 12.0. The predicted molar refractivity (Wildman–Crippen MR) is 87.4 cm³/mol. The van der Waals surface area contributed by atoms with Crippen LogP contribution < -0.4 is 9.46 Å². The largest absolute Gasteiger partial charge is 0.495 e. The number of benzene rings is 2. The van der Waals surface area contributed by atoms with Crippen molar-refractivity contribution in [3.8, 4) is 5.75 Å². The second-order valence-corrected chi connectivity index (χ2v) is 7.27. The topological polar surface area (TPSA) is 55.4 Å². The van der Waals surface area contributed by atoms with Crippen LogP contribution in [0, 0.1) is 13.8 Å². The van der Waals surface area contributed by atoms with Gasteiger partial charge in [-0.15, -0.1) is 0 Å². The molecule has 0 aromatic heterocycles. The number of ether oxygens (including phenoxy) is 1. The molecule has 0 atom stereocenters. The van der Waals surface area contributed by atoms with E-state index in [1.807, 2.05) is 19.9 Å². The molecule has 2 aromatic rings. The van der Waals surface area contributed by atoms with Gasteiger partial charge in [-0.05, 0) is 55.3 Å². The van der Waals surface area contributed by atoms with Crippen molar-refractivity contribution >= 4 is 31.6 Å². The minimum atomic E-state index is -3.71. The smallest absolute Gasteiger partial charge is 0.265 e. The Bertz CT molecular complexity index is 772. The first-order chi connectivity index (χ1) is 9.83. The highest BCUT2D eigenvalue weighted by Gasteiger charge is 2.20. The van der Waals surface area contributed by atoms with Crippen LogP contribution in [0.3, 0.4) is 0 Å². The van der Waals surface area contributed by atoms with E-state index >= 15 is 0 Å². The Balaban J connectivity index is 2.42. The summed E-state index contributed by atoms with van der Waals surface area (Å²) in [5.41, 5.74) is 2.66. The Morgan fingerprint density at radius 2 is 1.76 bits per heavy atom. The molecule has 112 valence electrons. The van der Waals surface area contributed by atoms with E-state index in [1.54, 1.807) is 24.3 Å². The van der Waals surface area contributed by atoms with Crippen LogP contribution in [-0.4, -0.2) is 15.5 Å². The fourth-order valence-electron chi connectivity index (χ4n) is 1.88. The molecule has 0 aliphatic rings. The number of sulfonamides is 1. The quantitative estimate of drug-likeness (QED) is 0.889. The van der Waals surface area contributed by atoms with Gasteiger partial charge in [0.2, 0.25) is 0 Å². The van der Waals surface area contributed by atoms with Crippen molar-refractivity contribution < 1.29 is 13.2 Å². The Kier molecular flexibility index (Phi) is 4.58. The maximum atomic E-state index is 12.5. The van der Waals surface area contributed by atoms with Gasteiger partial charge in [0.15, 0.2) is 0 Å². The van der Waals surface area contributed by atoms with E-state index in [0.29, 0.717) is 15.9 Å². The maximum Gasteiger partial charge on any atom is 0.265 e. The standard InChI is InChI=1S/C15H16BrNO3S/c1-10-4-6-13(8-11(10)2)17-21(18,19)15-9-12(16)5-7-14(15)20-3/h4-9,17H,1-3H3. The molecule has 21 heavy (non-hydrogen) atoms. The van der Waals surface area contributed by atoms with E-state index in [2.05, 4.69) is 20.7 Å². The lowest BCUT2D eigenvalue weighted by atomic mass is 10.1. The van der Waals surface area contributed by atoms with Crippen molar-refractivity contribution in [2.24, 2.45) is 0 Å². The lowest BCUT2D eigenvalue weighted by molar-refractivity contribution is 0.403. The van der Waals surface area contributed by atoms with Gasteiger partial charge in [-0.3, -0.25) is 4.72 Å². The van der Waals surface area contributed by atoms with Crippen LogP contribution >= 0.6 is 15.9 Å². The summed E-state index contributed by atoms with van der Waals surface area (Å²) in [7, 11) is -2.27. The Morgan fingerprint density at radius 3 is 2.38 bits per heavy atom. The lowest BCUT2D eigenvalue weighted by Crippen LogP contribution is -2.14. The highest BCUT2D eigenvalue weighted by Crippen LogP contribution is 2.29. The zero-order chi connectivity index (χ0) is 15.6. The molecular formula is C15H16BrNO3S. The molecule has 0 radical (unpaired) electrons. The molecule has 0 saturated heterocycles. The van der Waals surface area contributed by atoms with Crippen LogP contribution in [0.15, 0.2) is 45.8 Å².